The summed E-state index contributed by atoms with van der Waals surface area (Å²) in [4.78, 5) is 3.89. The molecule has 0 aliphatic rings. The Hall–Kier alpha value is -1.31. The number of aromatic nitrogens is 1. The molecule has 5 nitrogen and oxygen atoms in total. The van der Waals surface area contributed by atoms with E-state index in [9.17, 15) is 13.5 Å². The van der Waals surface area contributed by atoms with Gasteiger partial charge in [0.2, 0.25) is 0 Å². The number of thiazole rings is 1. The fourth-order valence-corrected chi connectivity index (χ4v) is 3.91. The van der Waals surface area contributed by atoms with Crippen LogP contribution >= 0.6 is 22.9 Å². The number of halogens is 1. The van der Waals surface area contributed by atoms with E-state index in [1.54, 1.807) is 19.9 Å². The summed E-state index contributed by atoms with van der Waals surface area (Å²) in [5.41, 5.74) is 0.543. The molecule has 1 aromatic heterocycles. The van der Waals surface area contributed by atoms with Crippen LogP contribution in [0.2, 0.25) is 5.02 Å². The predicted octanol–water partition coefficient (Wildman–Crippen LogP) is 2.92. The molecule has 0 bridgehead atoms. The third-order valence-corrected chi connectivity index (χ3v) is 5.33. The van der Waals surface area contributed by atoms with Crippen molar-refractivity contribution in [3.8, 4) is 5.75 Å². The first-order valence-corrected chi connectivity index (χ1v) is 7.92. The van der Waals surface area contributed by atoms with Gasteiger partial charge in [-0.05, 0) is 31.5 Å². The van der Waals surface area contributed by atoms with E-state index >= 15 is 0 Å². The van der Waals surface area contributed by atoms with Crippen molar-refractivity contribution in [3.63, 3.8) is 0 Å². The van der Waals surface area contributed by atoms with Crippen LogP contribution in [0.25, 0.3) is 0 Å². The van der Waals surface area contributed by atoms with Crippen molar-refractivity contribution in [2.24, 2.45) is 0 Å². The van der Waals surface area contributed by atoms with Gasteiger partial charge in [0.1, 0.15) is 5.75 Å². The molecule has 0 saturated heterocycles. The molecule has 1 aromatic carbocycles. The van der Waals surface area contributed by atoms with Crippen LogP contribution in [-0.2, 0) is 10.0 Å². The lowest BCUT2D eigenvalue weighted by Gasteiger charge is -2.10. The Morgan fingerprint density at radius 1 is 1.37 bits per heavy atom. The van der Waals surface area contributed by atoms with Crippen molar-refractivity contribution in [2.45, 2.75) is 18.1 Å². The van der Waals surface area contributed by atoms with Gasteiger partial charge in [-0.2, -0.15) is 0 Å². The second-order valence-electron chi connectivity index (χ2n) is 3.92. The lowest BCUT2D eigenvalue weighted by molar-refractivity contribution is 0.473. The minimum Gasteiger partial charge on any atom is -0.505 e. The molecule has 102 valence electrons. The molecule has 0 atom stereocenters. The van der Waals surface area contributed by atoms with Gasteiger partial charge in [0.05, 0.1) is 16.9 Å². The average molecular weight is 319 g/mol. The van der Waals surface area contributed by atoms with Gasteiger partial charge in [0.15, 0.2) is 4.21 Å². The molecule has 2 N–H and O–H groups in total. The number of hydrogen-bond donors (Lipinski definition) is 2. The molecule has 0 radical (unpaired) electrons. The van der Waals surface area contributed by atoms with E-state index < -0.39 is 10.0 Å². The summed E-state index contributed by atoms with van der Waals surface area (Å²) < 4.78 is 26.6. The highest BCUT2D eigenvalue weighted by molar-refractivity contribution is 7.94. The molecule has 0 amide bonds. The molecule has 19 heavy (non-hydrogen) atoms. The number of anilines is 1. The first-order valence-electron chi connectivity index (χ1n) is 5.24. The Kier molecular flexibility index (Phi) is 3.71. The second kappa shape index (κ2) is 4.99. The van der Waals surface area contributed by atoms with E-state index in [1.165, 1.54) is 12.3 Å². The molecule has 0 aliphatic heterocycles. The van der Waals surface area contributed by atoms with Gasteiger partial charge in [-0.3, -0.25) is 4.72 Å². The lowest BCUT2D eigenvalue weighted by Crippen LogP contribution is -2.11. The molecule has 8 heteroatoms. The monoisotopic (exact) mass is 318 g/mol. The summed E-state index contributed by atoms with van der Waals surface area (Å²) in [5, 5.41) is 10.8. The summed E-state index contributed by atoms with van der Waals surface area (Å²) in [7, 11) is -3.76. The zero-order chi connectivity index (χ0) is 14.2. The molecular weight excluding hydrogens is 308 g/mol. The number of aromatic hydroxyl groups is 1. The van der Waals surface area contributed by atoms with E-state index in [4.69, 9.17) is 11.6 Å². The summed E-state index contributed by atoms with van der Waals surface area (Å²) in [5.74, 6) is -0.144. The summed E-state index contributed by atoms with van der Waals surface area (Å²) in [6.45, 7) is 3.35. The van der Waals surface area contributed by atoms with E-state index in [0.29, 0.717) is 15.6 Å². The predicted molar refractivity (Wildman–Crippen MR) is 75.5 cm³/mol. The van der Waals surface area contributed by atoms with Gasteiger partial charge in [0.25, 0.3) is 10.0 Å². The molecule has 2 aromatic rings. The quantitative estimate of drug-likeness (QED) is 0.853. The number of phenols is 1. The number of hydrogen-bond acceptors (Lipinski definition) is 5. The van der Waals surface area contributed by atoms with Gasteiger partial charge in [0, 0.05) is 5.02 Å². The third kappa shape index (κ3) is 2.99. The van der Waals surface area contributed by atoms with Crippen molar-refractivity contribution < 1.29 is 13.5 Å². The van der Waals surface area contributed by atoms with Gasteiger partial charge in [-0.25, -0.2) is 13.4 Å². The van der Waals surface area contributed by atoms with Gasteiger partial charge < -0.3 is 5.11 Å². The smallest absolute Gasteiger partial charge is 0.273 e. The van der Waals surface area contributed by atoms with Crippen LogP contribution < -0.4 is 4.72 Å². The lowest BCUT2D eigenvalue weighted by atomic mass is 10.2. The molecule has 0 saturated carbocycles. The average Bonchev–Trinajstić information content (AvgIpc) is 2.72. The largest absolute Gasteiger partial charge is 0.505 e. The highest BCUT2D eigenvalue weighted by atomic mass is 35.5. The van der Waals surface area contributed by atoms with Gasteiger partial charge >= 0.3 is 0 Å². The van der Waals surface area contributed by atoms with Crippen LogP contribution in [0.4, 0.5) is 5.69 Å². The molecule has 0 unspecified atom stereocenters. The Morgan fingerprint density at radius 2 is 2.05 bits per heavy atom. The van der Waals surface area contributed by atoms with Crippen molar-refractivity contribution in [3.05, 3.63) is 33.9 Å². The van der Waals surface area contributed by atoms with Crippen molar-refractivity contribution in [2.75, 3.05) is 4.72 Å². The topological polar surface area (TPSA) is 79.3 Å². The Balaban J connectivity index is 2.41. The van der Waals surface area contributed by atoms with E-state index in [2.05, 4.69) is 9.71 Å². The third-order valence-electron chi connectivity index (χ3n) is 2.37. The van der Waals surface area contributed by atoms with Crippen molar-refractivity contribution in [1.82, 2.24) is 4.98 Å². The molecule has 0 spiro atoms. The van der Waals surface area contributed by atoms with E-state index in [0.717, 1.165) is 11.3 Å². The molecule has 0 fully saturated rings. The first-order chi connectivity index (χ1) is 8.79. The van der Waals surface area contributed by atoms with E-state index in [1.807, 2.05) is 0 Å². The summed E-state index contributed by atoms with van der Waals surface area (Å²) in [6.07, 6.45) is 1.27. The Labute approximate surface area is 119 Å². The number of rotatable bonds is 3. The minimum absolute atomic E-state index is 0.0519. The highest BCUT2D eigenvalue weighted by Gasteiger charge is 2.19. The first kappa shape index (κ1) is 14.1. The maximum Gasteiger partial charge on any atom is 0.273 e. The molecular formula is C11H11ClN2O3S2. The van der Waals surface area contributed by atoms with Crippen LogP contribution in [0.3, 0.4) is 0 Å². The number of sulfonamides is 1. The van der Waals surface area contributed by atoms with Crippen molar-refractivity contribution >= 4 is 38.6 Å². The highest BCUT2D eigenvalue weighted by Crippen LogP contribution is 2.33. The van der Waals surface area contributed by atoms with E-state index in [-0.39, 0.29) is 15.6 Å². The standard InChI is InChI=1S/C11H11ClN2O3S2/c1-6-3-8(12)4-9(11(6)15)14-19(16,17)10-5-13-7(2)18-10/h3-5,14-15H,1-2H3. The zero-order valence-corrected chi connectivity index (χ0v) is 12.5. The van der Waals surface area contributed by atoms with Crippen LogP contribution in [0, 0.1) is 13.8 Å². The van der Waals surface area contributed by atoms with Crippen LogP contribution in [-0.4, -0.2) is 18.5 Å². The second-order valence-corrected chi connectivity index (χ2v) is 7.50. The number of nitrogens with zero attached hydrogens (tertiary/aromatic N) is 1. The SMILES string of the molecule is Cc1ncc(S(=O)(=O)Nc2cc(Cl)cc(C)c2O)s1. The molecule has 2 rings (SSSR count). The zero-order valence-electron chi connectivity index (χ0n) is 10.1. The number of benzene rings is 1. The maximum absolute atomic E-state index is 12.1. The molecule has 1 heterocycles. The minimum atomic E-state index is -3.76. The van der Waals surface area contributed by atoms with Crippen LogP contribution in [0.15, 0.2) is 22.5 Å². The Bertz CT molecular complexity index is 726. The normalized spacial score (nSPS) is 11.5. The fourth-order valence-electron chi connectivity index (χ4n) is 1.47. The summed E-state index contributed by atoms with van der Waals surface area (Å²) in [6, 6.07) is 2.90. The Morgan fingerprint density at radius 3 is 2.63 bits per heavy atom. The maximum atomic E-state index is 12.1. The summed E-state index contributed by atoms with van der Waals surface area (Å²) >= 11 is 6.90. The number of phenolic OH excluding ortho intramolecular Hbond substituents is 1. The van der Waals surface area contributed by atoms with Gasteiger partial charge in [-0.15, -0.1) is 11.3 Å². The van der Waals surface area contributed by atoms with Crippen LogP contribution in [0.1, 0.15) is 10.6 Å². The van der Waals surface area contributed by atoms with Gasteiger partial charge in [-0.1, -0.05) is 11.6 Å². The number of nitrogens with one attached hydrogen (secondary N) is 1. The van der Waals surface area contributed by atoms with Crippen molar-refractivity contribution in [1.29, 1.82) is 0 Å². The molecule has 0 aliphatic carbocycles. The fraction of sp³-hybridized carbons (Fsp3) is 0.182. The number of aryl methyl sites for hydroxylation is 2. The van der Waals surface area contributed by atoms with Crippen LogP contribution in [0.5, 0.6) is 5.75 Å².